The summed E-state index contributed by atoms with van der Waals surface area (Å²) in [5.41, 5.74) is 6.46. The van der Waals surface area contributed by atoms with E-state index in [1.54, 1.807) is 12.1 Å². The van der Waals surface area contributed by atoms with Gasteiger partial charge in [-0.25, -0.2) is 4.39 Å². The van der Waals surface area contributed by atoms with Crippen molar-refractivity contribution in [2.24, 2.45) is 11.7 Å². The van der Waals surface area contributed by atoms with E-state index in [2.05, 4.69) is 10.6 Å². The molecule has 0 saturated heterocycles. The summed E-state index contributed by atoms with van der Waals surface area (Å²) in [4.78, 5) is 23.1. The predicted molar refractivity (Wildman–Crippen MR) is 78.9 cm³/mol. The topological polar surface area (TPSA) is 84.2 Å². The average molecular weight is 295 g/mol. The van der Waals surface area contributed by atoms with Crippen molar-refractivity contribution in [1.82, 2.24) is 10.6 Å². The molecule has 0 fully saturated rings. The van der Waals surface area contributed by atoms with Crippen molar-refractivity contribution < 1.29 is 14.0 Å². The van der Waals surface area contributed by atoms with Crippen molar-refractivity contribution in [2.45, 2.75) is 26.3 Å². The summed E-state index contributed by atoms with van der Waals surface area (Å²) in [6.45, 7) is 3.95. The zero-order valence-corrected chi connectivity index (χ0v) is 12.4. The van der Waals surface area contributed by atoms with Crippen molar-refractivity contribution >= 4 is 11.8 Å². The second kappa shape index (κ2) is 8.36. The van der Waals surface area contributed by atoms with Crippen LogP contribution in [0.2, 0.25) is 0 Å². The highest BCUT2D eigenvalue weighted by molar-refractivity contribution is 5.87. The number of carbonyl (C=O) groups is 2. The van der Waals surface area contributed by atoms with Crippen molar-refractivity contribution in [1.29, 1.82) is 0 Å². The standard InChI is InChI=1S/C15H22FN3O2/c1-10(2)14(17)15(21)19-9-13(20)18-7-6-11-4-3-5-12(16)8-11/h3-5,8,10,14H,6-7,9,17H2,1-2H3,(H,18,20)(H,19,21)/t14-/m0/s1. The zero-order chi connectivity index (χ0) is 15.8. The third-order valence-corrected chi connectivity index (χ3v) is 3.07. The fraction of sp³-hybridized carbons (Fsp3) is 0.467. The van der Waals surface area contributed by atoms with E-state index in [4.69, 9.17) is 5.73 Å². The summed E-state index contributed by atoms with van der Waals surface area (Å²) in [6, 6.07) is 5.59. The SMILES string of the molecule is CC(C)[C@H](N)C(=O)NCC(=O)NCCc1cccc(F)c1. The molecule has 21 heavy (non-hydrogen) atoms. The maximum atomic E-state index is 13.0. The van der Waals surface area contributed by atoms with Gasteiger partial charge in [0.05, 0.1) is 12.6 Å². The monoisotopic (exact) mass is 295 g/mol. The molecular formula is C15H22FN3O2. The number of carbonyl (C=O) groups excluding carboxylic acids is 2. The van der Waals surface area contributed by atoms with Crippen LogP contribution in [0.5, 0.6) is 0 Å². The van der Waals surface area contributed by atoms with Gasteiger partial charge in [0.2, 0.25) is 11.8 Å². The fourth-order valence-electron chi connectivity index (χ4n) is 1.69. The van der Waals surface area contributed by atoms with Crippen LogP contribution in [-0.4, -0.2) is 30.9 Å². The molecule has 116 valence electrons. The van der Waals surface area contributed by atoms with Crippen molar-refractivity contribution in [3.63, 3.8) is 0 Å². The molecule has 1 atom stereocenters. The second-order valence-electron chi connectivity index (χ2n) is 5.22. The Hall–Kier alpha value is -1.95. The molecule has 1 aromatic carbocycles. The molecule has 0 aliphatic rings. The molecule has 0 heterocycles. The van der Waals surface area contributed by atoms with Gasteiger partial charge in [-0.3, -0.25) is 9.59 Å². The minimum atomic E-state index is -0.620. The smallest absolute Gasteiger partial charge is 0.239 e. The van der Waals surface area contributed by atoms with Crippen LogP contribution in [0.15, 0.2) is 24.3 Å². The lowest BCUT2D eigenvalue weighted by Gasteiger charge is -2.15. The van der Waals surface area contributed by atoms with E-state index in [1.807, 2.05) is 13.8 Å². The molecule has 0 unspecified atom stereocenters. The molecule has 6 heteroatoms. The Bertz CT molecular complexity index is 492. The van der Waals surface area contributed by atoms with Crippen LogP contribution in [0, 0.1) is 11.7 Å². The molecule has 0 aliphatic carbocycles. The highest BCUT2D eigenvalue weighted by atomic mass is 19.1. The van der Waals surface area contributed by atoms with Gasteiger partial charge in [0, 0.05) is 6.54 Å². The first kappa shape index (κ1) is 17.1. The van der Waals surface area contributed by atoms with Crippen LogP contribution in [0.25, 0.3) is 0 Å². The maximum Gasteiger partial charge on any atom is 0.239 e. The number of nitrogens with one attached hydrogen (secondary N) is 2. The quantitative estimate of drug-likeness (QED) is 0.688. The Kier molecular flexibility index (Phi) is 6.81. The molecule has 5 nitrogen and oxygen atoms in total. The van der Waals surface area contributed by atoms with Gasteiger partial charge in [0.1, 0.15) is 5.82 Å². The summed E-state index contributed by atoms with van der Waals surface area (Å²) in [5, 5.41) is 5.14. The minimum Gasteiger partial charge on any atom is -0.354 e. The van der Waals surface area contributed by atoms with Crippen molar-refractivity contribution in [3.05, 3.63) is 35.6 Å². The Labute approximate surface area is 124 Å². The van der Waals surface area contributed by atoms with Gasteiger partial charge < -0.3 is 16.4 Å². The molecule has 0 aromatic heterocycles. The molecule has 0 radical (unpaired) electrons. The van der Waals surface area contributed by atoms with E-state index >= 15 is 0 Å². The molecule has 0 spiro atoms. The highest BCUT2D eigenvalue weighted by Crippen LogP contribution is 2.03. The number of rotatable bonds is 7. The number of hydrogen-bond acceptors (Lipinski definition) is 3. The maximum absolute atomic E-state index is 13.0. The zero-order valence-electron chi connectivity index (χ0n) is 12.4. The molecule has 1 rings (SSSR count). The third kappa shape index (κ3) is 6.35. The number of benzene rings is 1. The van der Waals surface area contributed by atoms with E-state index in [9.17, 15) is 14.0 Å². The van der Waals surface area contributed by atoms with E-state index in [0.29, 0.717) is 13.0 Å². The highest BCUT2D eigenvalue weighted by Gasteiger charge is 2.17. The largest absolute Gasteiger partial charge is 0.354 e. The van der Waals surface area contributed by atoms with E-state index in [0.717, 1.165) is 5.56 Å². The minimum absolute atomic E-state index is 0.0149. The van der Waals surface area contributed by atoms with Gasteiger partial charge in [-0.1, -0.05) is 26.0 Å². The van der Waals surface area contributed by atoms with Crippen LogP contribution in [0.4, 0.5) is 4.39 Å². The Morgan fingerprint density at radius 1 is 1.29 bits per heavy atom. The van der Waals surface area contributed by atoms with Gasteiger partial charge in [0.25, 0.3) is 0 Å². The van der Waals surface area contributed by atoms with Crippen LogP contribution in [-0.2, 0) is 16.0 Å². The third-order valence-electron chi connectivity index (χ3n) is 3.07. The van der Waals surface area contributed by atoms with Crippen LogP contribution in [0.1, 0.15) is 19.4 Å². The number of amides is 2. The number of halogens is 1. The lowest BCUT2D eigenvalue weighted by atomic mass is 10.1. The molecular weight excluding hydrogens is 273 g/mol. The molecule has 0 bridgehead atoms. The summed E-state index contributed by atoms with van der Waals surface area (Å²) in [7, 11) is 0. The molecule has 0 saturated carbocycles. The lowest BCUT2D eigenvalue weighted by molar-refractivity contribution is -0.127. The second-order valence-corrected chi connectivity index (χ2v) is 5.22. The molecule has 1 aromatic rings. The summed E-state index contributed by atoms with van der Waals surface area (Å²) in [6.07, 6.45) is 0.531. The van der Waals surface area contributed by atoms with Gasteiger partial charge in [-0.2, -0.15) is 0 Å². The number of nitrogens with two attached hydrogens (primary N) is 1. The van der Waals surface area contributed by atoms with Crippen LogP contribution >= 0.6 is 0 Å². The molecule has 0 aliphatic heterocycles. The first-order valence-electron chi connectivity index (χ1n) is 6.94. The summed E-state index contributed by atoms with van der Waals surface area (Å²) >= 11 is 0. The predicted octanol–water partition coefficient (Wildman–Crippen LogP) is 0.584. The first-order chi connectivity index (χ1) is 9.90. The Morgan fingerprint density at radius 3 is 2.62 bits per heavy atom. The number of hydrogen-bond donors (Lipinski definition) is 3. The van der Waals surface area contributed by atoms with E-state index < -0.39 is 6.04 Å². The fourth-order valence-corrected chi connectivity index (χ4v) is 1.69. The summed E-state index contributed by atoms with van der Waals surface area (Å²) < 4.78 is 13.0. The molecule has 2 amide bonds. The first-order valence-corrected chi connectivity index (χ1v) is 6.94. The van der Waals surface area contributed by atoms with E-state index in [1.165, 1.54) is 12.1 Å². The van der Waals surface area contributed by atoms with Crippen molar-refractivity contribution in [3.8, 4) is 0 Å². The van der Waals surface area contributed by atoms with Gasteiger partial charge in [0.15, 0.2) is 0 Å². The van der Waals surface area contributed by atoms with Gasteiger partial charge in [-0.05, 0) is 30.0 Å². The van der Waals surface area contributed by atoms with Gasteiger partial charge >= 0.3 is 0 Å². The Morgan fingerprint density at radius 2 is 2.00 bits per heavy atom. The van der Waals surface area contributed by atoms with E-state index in [-0.39, 0.29) is 30.1 Å². The van der Waals surface area contributed by atoms with Gasteiger partial charge in [-0.15, -0.1) is 0 Å². The van der Waals surface area contributed by atoms with Crippen LogP contribution < -0.4 is 16.4 Å². The lowest BCUT2D eigenvalue weighted by Crippen LogP contribution is -2.47. The Balaban J connectivity index is 2.24. The molecule has 4 N–H and O–H groups in total. The summed E-state index contributed by atoms with van der Waals surface area (Å²) in [5.74, 6) is -0.921. The normalized spacial score (nSPS) is 12.0. The van der Waals surface area contributed by atoms with Crippen LogP contribution in [0.3, 0.4) is 0 Å². The van der Waals surface area contributed by atoms with Crippen molar-refractivity contribution in [2.75, 3.05) is 13.1 Å². The average Bonchev–Trinajstić information content (AvgIpc) is 2.44.